The molecule has 0 aliphatic heterocycles. The molecular formula is C72H128O6. The average Bonchev–Trinajstić information content (AvgIpc) is 3.44. The smallest absolute Gasteiger partial charge is 0.306 e. The number of carbonyl (C=O) groups excluding carboxylic acids is 3. The molecule has 0 radical (unpaired) electrons. The summed E-state index contributed by atoms with van der Waals surface area (Å²) in [5, 5.41) is 0. The van der Waals surface area contributed by atoms with Crippen molar-refractivity contribution in [2.75, 3.05) is 13.2 Å². The molecule has 1 atom stereocenters. The molecule has 0 aromatic rings. The lowest BCUT2D eigenvalue weighted by atomic mass is 10.0. The van der Waals surface area contributed by atoms with E-state index < -0.39 is 6.10 Å². The van der Waals surface area contributed by atoms with Gasteiger partial charge >= 0.3 is 17.9 Å². The van der Waals surface area contributed by atoms with Gasteiger partial charge in [0.1, 0.15) is 13.2 Å². The lowest BCUT2D eigenvalue weighted by Crippen LogP contribution is -2.30. The van der Waals surface area contributed by atoms with Gasteiger partial charge < -0.3 is 14.2 Å². The van der Waals surface area contributed by atoms with E-state index in [2.05, 4.69) is 93.7 Å². The van der Waals surface area contributed by atoms with E-state index in [0.717, 1.165) is 89.9 Å². The van der Waals surface area contributed by atoms with Crippen LogP contribution in [0.3, 0.4) is 0 Å². The Morgan fingerprint density at radius 2 is 0.487 bits per heavy atom. The molecule has 0 heterocycles. The molecule has 0 bridgehead atoms. The highest BCUT2D eigenvalue weighted by molar-refractivity contribution is 5.71. The second-order valence-electron chi connectivity index (χ2n) is 22.7. The summed E-state index contributed by atoms with van der Waals surface area (Å²) in [6.07, 6.45) is 86.4. The number of unbranched alkanes of at least 4 members (excludes halogenated alkanes) is 39. The summed E-state index contributed by atoms with van der Waals surface area (Å²) in [6, 6.07) is 0. The van der Waals surface area contributed by atoms with Gasteiger partial charge in [-0.3, -0.25) is 14.4 Å². The number of esters is 3. The normalized spacial score (nSPS) is 12.5. The predicted octanol–water partition coefficient (Wildman–Crippen LogP) is 23.3. The lowest BCUT2D eigenvalue weighted by molar-refractivity contribution is -0.167. The van der Waals surface area contributed by atoms with Crippen molar-refractivity contribution >= 4 is 17.9 Å². The van der Waals surface area contributed by atoms with Crippen molar-refractivity contribution in [1.82, 2.24) is 0 Å². The van der Waals surface area contributed by atoms with Crippen LogP contribution in [0.25, 0.3) is 0 Å². The van der Waals surface area contributed by atoms with Crippen LogP contribution in [-0.4, -0.2) is 37.2 Å². The highest BCUT2D eigenvalue weighted by Crippen LogP contribution is 2.17. The summed E-state index contributed by atoms with van der Waals surface area (Å²) in [5.41, 5.74) is 0. The zero-order chi connectivity index (χ0) is 56.4. The molecule has 452 valence electrons. The Morgan fingerprint density at radius 3 is 0.782 bits per heavy atom. The van der Waals surface area contributed by atoms with Gasteiger partial charge in [-0.05, 0) is 109 Å². The topological polar surface area (TPSA) is 78.9 Å². The number of hydrogen-bond acceptors (Lipinski definition) is 6. The molecular weight excluding hydrogens is 961 g/mol. The monoisotopic (exact) mass is 1090 g/mol. The molecule has 0 spiro atoms. The average molecular weight is 1090 g/mol. The molecule has 78 heavy (non-hydrogen) atoms. The maximum Gasteiger partial charge on any atom is 0.306 e. The summed E-state index contributed by atoms with van der Waals surface area (Å²) in [4.78, 5) is 38.3. The van der Waals surface area contributed by atoms with Gasteiger partial charge in [0.05, 0.1) is 0 Å². The van der Waals surface area contributed by atoms with E-state index in [1.807, 2.05) is 0 Å². The van der Waals surface area contributed by atoms with Crippen LogP contribution in [0.4, 0.5) is 0 Å². The van der Waals surface area contributed by atoms with Gasteiger partial charge in [0.15, 0.2) is 6.10 Å². The van der Waals surface area contributed by atoms with Crippen molar-refractivity contribution in [2.45, 2.75) is 354 Å². The van der Waals surface area contributed by atoms with E-state index in [0.29, 0.717) is 19.3 Å². The highest BCUT2D eigenvalue weighted by atomic mass is 16.6. The van der Waals surface area contributed by atoms with Crippen molar-refractivity contribution in [3.8, 4) is 0 Å². The summed E-state index contributed by atoms with van der Waals surface area (Å²) >= 11 is 0. The van der Waals surface area contributed by atoms with E-state index in [4.69, 9.17) is 14.2 Å². The van der Waals surface area contributed by atoms with Crippen LogP contribution in [0.2, 0.25) is 0 Å². The molecule has 0 fully saturated rings. The molecule has 1 unspecified atom stereocenters. The molecule has 0 aromatic carbocycles. The second kappa shape index (κ2) is 66.4. The van der Waals surface area contributed by atoms with Gasteiger partial charge in [0.2, 0.25) is 0 Å². The van der Waals surface area contributed by atoms with Crippen molar-refractivity contribution in [3.05, 3.63) is 72.9 Å². The molecule has 0 amide bonds. The maximum absolute atomic E-state index is 12.9. The van der Waals surface area contributed by atoms with E-state index in [-0.39, 0.29) is 31.1 Å². The van der Waals surface area contributed by atoms with Crippen LogP contribution in [0.1, 0.15) is 348 Å². The van der Waals surface area contributed by atoms with Gasteiger partial charge in [0.25, 0.3) is 0 Å². The first-order valence-corrected chi connectivity index (χ1v) is 33.9. The summed E-state index contributed by atoms with van der Waals surface area (Å²) in [7, 11) is 0. The number of rotatable bonds is 62. The van der Waals surface area contributed by atoms with Gasteiger partial charge in [0, 0.05) is 19.3 Å². The zero-order valence-corrected chi connectivity index (χ0v) is 51.9. The number of carbonyl (C=O) groups is 3. The summed E-state index contributed by atoms with van der Waals surface area (Å²) in [5.74, 6) is -0.879. The fourth-order valence-corrected chi connectivity index (χ4v) is 9.78. The van der Waals surface area contributed by atoms with Crippen molar-refractivity contribution in [2.24, 2.45) is 0 Å². The molecule has 0 saturated carbocycles. The SMILES string of the molecule is CCC/C=C\CCCCCCCC(=O)OCC(COC(=O)CCCCCCCCCCCCCCCC/C=C\C/C=C\C/C=C\CCCCCCC)OC(=O)CCCCCCCCCCC/C=C\C/C=C\CCCCCCC. The molecule has 0 saturated heterocycles. The van der Waals surface area contributed by atoms with E-state index >= 15 is 0 Å². The Balaban J connectivity index is 4.18. The molecule has 6 heteroatoms. The van der Waals surface area contributed by atoms with E-state index in [9.17, 15) is 14.4 Å². The standard InChI is InChI=1S/C72H128O6/c1-4-7-10-13-16-19-22-24-26-28-30-32-33-34-35-36-37-38-39-41-42-44-46-48-50-53-56-59-62-65-71(74)77-68-69(67-76-70(73)64-61-58-55-52-21-18-15-12-9-6-3)78-72(75)66-63-60-57-54-51-49-47-45-43-40-31-29-27-25-23-20-17-14-11-8-5-2/h12,15,22-25,28-31,33-34,69H,4-11,13-14,16-21,26-27,32,35-68H2,1-3H3/b15-12-,24-22-,25-23-,30-28-,31-29-,34-33-. The van der Waals surface area contributed by atoms with Crippen LogP contribution in [0.5, 0.6) is 0 Å². The van der Waals surface area contributed by atoms with Gasteiger partial charge in [-0.2, -0.15) is 0 Å². The molecule has 0 aromatic heterocycles. The van der Waals surface area contributed by atoms with Crippen molar-refractivity contribution < 1.29 is 28.6 Å². The minimum absolute atomic E-state index is 0.0780. The first-order chi connectivity index (χ1) is 38.5. The first kappa shape index (κ1) is 74.8. The third kappa shape index (κ3) is 63.7. The lowest BCUT2D eigenvalue weighted by Gasteiger charge is -2.18. The quantitative estimate of drug-likeness (QED) is 0.0261. The van der Waals surface area contributed by atoms with Gasteiger partial charge in [-0.15, -0.1) is 0 Å². The number of ether oxygens (including phenoxy) is 3. The minimum Gasteiger partial charge on any atom is -0.462 e. The van der Waals surface area contributed by atoms with Crippen molar-refractivity contribution in [1.29, 1.82) is 0 Å². The number of allylic oxidation sites excluding steroid dienone is 12. The Kier molecular flexibility index (Phi) is 63.7. The predicted molar refractivity (Wildman–Crippen MR) is 339 cm³/mol. The Morgan fingerprint density at radius 1 is 0.256 bits per heavy atom. The Hall–Kier alpha value is -3.15. The Labute approximate surface area is 484 Å². The van der Waals surface area contributed by atoms with Gasteiger partial charge in [-0.1, -0.05) is 293 Å². The van der Waals surface area contributed by atoms with Crippen LogP contribution in [0, 0.1) is 0 Å². The van der Waals surface area contributed by atoms with Crippen LogP contribution < -0.4 is 0 Å². The third-order valence-electron chi connectivity index (χ3n) is 14.9. The summed E-state index contributed by atoms with van der Waals surface area (Å²) in [6.45, 7) is 6.58. The molecule has 0 rings (SSSR count). The first-order valence-electron chi connectivity index (χ1n) is 33.9. The fourth-order valence-electron chi connectivity index (χ4n) is 9.78. The minimum atomic E-state index is -0.781. The highest BCUT2D eigenvalue weighted by Gasteiger charge is 2.19. The third-order valence-corrected chi connectivity index (χ3v) is 14.9. The molecule has 0 aliphatic rings. The number of hydrogen-bond donors (Lipinski definition) is 0. The molecule has 0 N–H and O–H groups in total. The fraction of sp³-hybridized carbons (Fsp3) is 0.792. The van der Waals surface area contributed by atoms with E-state index in [1.54, 1.807) is 0 Å². The zero-order valence-electron chi connectivity index (χ0n) is 51.9. The molecule has 6 nitrogen and oxygen atoms in total. The van der Waals surface area contributed by atoms with Gasteiger partial charge in [-0.25, -0.2) is 0 Å². The molecule has 0 aliphatic carbocycles. The maximum atomic E-state index is 12.9. The second-order valence-corrected chi connectivity index (χ2v) is 22.7. The van der Waals surface area contributed by atoms with Crippen LogP contribution in [0.15, 0.2) is 72.9 Å². The van der Waals surface area contributed by atoms with Crippen LogP contribution >= 0.6 is 0 Å². The Bertz CT molecular complexity index is 1440. The van der Waals surface area contributed by atoms with Crippen LogP contribution in [-0.2, 0) is 28.6 Å². The van der Waals surface area contributed by atoms with Crippen molar-refractivity contribution in [3.63, 3.8) is 0 Å². The van der Waals surface area contributed by atoms with E-state index in [1.165, 1.54) is 218 Å². The largest absolute Gasteiger partial charge is 0.462 e. The summed E-state index contributed by atoms with van der Waals surface area (Å²) < 4.78 is 16.9.